The van der Waals surface area contributed by atoms with Crippen LogP contribution in [0.3, 0.4) is 0 Å². The van der Waals surface area contributed by atoms with Crippen LogP contribution in [0.2, 0.25) is 0 Å². The summed E-state index contributed by atoms with van der Waals surface area (Å²) in [7, 11) is -1.06. The zero-order chi connectivity index (χ0) is 12.2. The first-order chi connectivity index (χ1) is 7.40. The monoisotopic (exact) mass is 237 g/mol. The molecule has 1 N–H and O–H groups in total. The van der Waals surface area contributed by atoms with E-state index in [9.17, 15) is 4.21 Å². The average molecular weight is 237 g/mol. The van der Waals surface area contributed by atoms with E-state index in [1.165, 1.54) is 0 Å². The van der Waals surface area contributed by atoms with Gasteiger partial charge in [0.15, 0.2) is 0 Å². The fourth-order valence-corrected chi connectivity index (χ4v) is 2.04. The van der Waals surface area contributed by atoms with Crippen molar-refractivity contribution < 1.29 is 4.21 Å². The molecule has 1 aromatic rings. The Morgan fingerprint density at radius 2 is 1.81 bits per heavy atom. The summed E-state index contributed by atoms with van der Waals surface area (Å²) < 4.78 is 12.1. The summed E-state index contributed by atoms with van der Waals surface area (Å²) in [5.74, 6) is 0. The second-order valence-corrected chi connectivity index (χ2v) is 6.38. The first-order valence-electron chi connectivity index (χ1n) is 5.31. The zero-order valence-corrected chi connectivity index (χ0v) is 11.1. The predicted octanol–water partition coefficient (Wildman–Crippen LogP) is 3.04. The van der Waals surface area contributed by atoms with E-state index >= 15 is 0 Å². The lowest BCUT2D eigenvalue weighted by Crippen LogP contribution is -2.31. The Morgan fingerprint density at radius 3 is 2.31 bits per heavy atom. The van der Waals surface area contributed by atoms with E-state index in [0.717, 1.165) is 9.80 Å². The molecule has 0 radical (unpaired) electrons. The highest BCUT2D eigenvalue weighted by molar-refractivity contribution is 7.89. The predicted molar refractivity (Wildman–Crippen MR) is 69.5 cm³/mol. The van der Waals surface area contributed by atoms with Crippen molar-refractivity contribution in [3.05, 3.63) is 41.4 Å². The molecular weight excluding hydrogens is 218 g/mol. The maximum absolute atomic E-state index is 12.1. The molecule has 0 heterocycles. The first kappa shape index (κ1) is 13.0. The van der Waals surface area contributed by atoms with E-state index in [-0.39, 0.29) is 5.54 Å². The number of rotatable bonds is 3. The Morgan fingerprint density at radius 1 is 1.25 bits per heavy atom. The normalized spacial score (nSPS) is 14.6. The summed E-state index contributed by atoms with van der Waals surface area (Å²) in [6.45, 7) is 8.09. The number of hydrogen-bond acceptors (Lipinski definition) is 2. The highest BCUT2D eigenvalue weighted by Crippen LogP contribution is 2.13. The van der Waals surface area contributed by atoms with Crippen molar-refractivity contribution in [3.8, 4) is 0 Å². The lowest BCUT2D eigenvalue weighted by molar-refractivity contribution is 0.490. The van der Waals surface area contributed by atoms with Gasteiger partial charge in [-0.3, -0.25) is 0 Å². The minimum Gasteiger partial charge on any atom is -0.386 e. The fraction of sp³-hybridized carbons (Fsp3) is 0.385. The smallest absolute Gasteiger partial charge is 0.0820 e. The summed E-state index contributed by atoms with van der Waals surface area (Å²) in [6, 6.07) is 9.48. The molecule has 88 valence electrons. The topological polar surface area (TPSA) is 29.1 Å². The summed E-state index contributed by atoms with van der Waals surface area (Å²) in [5.41, 5.74) is 0.00213. The average Bonchev–Trinajstić information content (AvgIpc) is 2.25. The van der Waals surface area contributed by atoms with Gasteiger partial charge in [-0.05, 0) is 39.8 Å². The van der Waals surface area contributed by atoms with Gasteiger partial charge in [0.1, 0.15) is 0 Å². The van der Waals surface area contributed by atoms with Gasteiger partial charge in [0, 0.05) is 21.5 Å². The van der Waals surface area contributed by atoms with Crippen LogP contribution in [0.4, 0.5) is 0 Å². The van der Waals surface area contributed by atoms with Crippen LogP contribution >= 0.6 is 0 Å². The molecule has 16 heavy (non-hydrogen) atoms. The van der Waals surface area contributed by atoms with Gasteiger partial charge < -0.3 is 5.32 Å². The van der Waals surface area contributed by atoms with Crippen molar-refractivity contribution in [2.24, 2.45) is 0 Å². The fourth-order valence-electron chi connectivity index (χ4n) is 1.10. The van der Waals surface area contributed by atoms with Gasteiger partial charge in [0.05, 0.1) is 10.8 Å². The van der Waals surface area contributed by atoms with Crippen LogP contribution in [0, 0.1) is 0 Å². The van der Waals surface area contributed by atoms with Gasteiger partial charge >= 0.3 is 0 Å². The molecule has 0 aliphatic carbocycles. The van der Waals surface area contributed by atoms with Crippen molar-refractivity contribution >= 4 is 10.8 Å². The molecule has 1 atom stereocenters. The standard InChI is InChI=1S/C13H19NOS/c1-11(10-14-13(2,3)4)16(15)12-8-6-5-7-9-12/h5-10,14H,1-4H3/b11-10+. The van der Waals surface area contributed by atoms with Crippen molar-refractivity contribution in [1.82, 2.24) is 5.32 Å². The van der Waals surface area contributed by atoms with Gasteiger partial charge in [0.2, 0.25) is 0 Å². The van der Waals surface area contributed by atoms with Crippen LogP contribution in [0.25, 0.3) is 0 Å². The maximum atomic E-state index is 12.1. The van der Waals surface area contributed by atoms with Gasteiger partial charge in [-0.1, -0.05) is 18.2 Å². The Kier molecular flexibility index (Phi) is 4.30. The van der Waals surface area contributed by atoms with E-state index < -0.39 is 10.8 Å². The number of allylic oxidation sites excluding steroid dienone is 1. The molecule has 0 saturated carbocycles. The molecule has 1 rings (SSSR count). The summed E-state index contributed by atoms with van der Waals surface area (Å²) in [6.07, 6.45) is 1.84. The molecule has 0 aliphatic rings. The molecule has 0 aliphatic heterocycles. The lowest BCUT2D eigenvalue weighted by atomic mass is 10.1. The van der Waals surface area contributed by atoms with Crippen LogP contribution in [-0.2, 0) is 10.8 Å². The van der Waals surface area contributed by atoms with Gasteiger partial charge in [-0.25, -0.2) is 4.21 Å². The molecule has 0 fully saturated rings. The van der Waals surface area contributed by atoms with Crippen molar-refractivity contribution in [2.45, 2.75) is 38.1 Å². The second-order valence-electron chi connectivity index (χ2n) is 4.73. The van der Waals surface area contributed by atoms with Crippen molar-refractivity contribution in [1.29, 1.82) is 0 Å². The molecule has 1 unspecified atom stereocenters. The van der Waals surface area contributed by atoms with Crippen LogP contribution in [0.5, 0.6) is 0 Å². The highest BCUT2D eigenvalue weighted by Gasteiger charge is 2.09. The number of nitrogens with one attached hydrogen (secondary N) is 1. The van der Waals surface area contributed by atoms with Crippen molar-refractivity contribution in [3.63, 3.8) is 0 Å². The van der Waals surface area contributed by atoms with Crippen LogP contribution < -0.4 is 5.32 Å². The Hall–Kier alpha value is -1.09. The van der Waals surface area contributed by atoms with Gasteiger partial charge in [-0.2, -0.15) is 0 Å². The van der Waals surface area contributed by atoms with Crippen molar-refractivity contribution in [2.75, 3.05) is 0 Å². The Labute approximate surface area is 100 Å². The molecule has 0 bridgehead atoms. The molecule has 0 spiro atoms. The maximum Gasteiger partial charge on any atom is 0.0820 e. The quantitative estimate of drug-likeness (QED) is 0.875. The van der Waals surface area contributed by atoms with Crippen LogP contribution in [0.15, 0.2) is 46.3 Å². The summed E-state index contributed by atoms with van der Waals surface area (Å²) in [4.78, 5) is 1.67. The lowest BCUT2D eigenvalue weighted by Gasteiger charge is -2.19. The van der Waals surface area contributed by atoms with Crippen LogP contribution in [-0.4, -0.2) is 9.75 Å². The third kappa shape index (κ3) is 4.19. The van der Waals surface area contributed by atoms with E-state index in [4.69, 9.17) is 0 Å². The molecule has 0 aromatic heterocycles. The SMILES string of the molecule is C/C(=C\NC(C)(C)C)S(=O)c1ccccc1. The third-order valence-electron chi connectivity index (χ3n) is 1.96. The minimum atomic E-state index is -1.06. The molecule has 1 aromatic carbocycles. The molecular formula is C13H19NOS. The Bertz CT molecular complexity index is 390. The molecule has 0 saturated heterocycles. The molecule has 3 heteroatoms. The van der Waals surface area contributed by atoms with Gasteiger partial charge in [-0.15, -0.1) is 0 Å². The summed E-state index contributed by atoms with van der Waals surface area (Å²) >= 11 is 0. The summed E-state index contributed by atoms with van der Waals surface area (Å²) in [5, 5.41) is 3.22. The van der Waals surface area contributed by atoms with Crippen LogP contribution in [0.1, 0.15) is 27.7 Å². The van der Waals surface area contributed by atoms with E-state index in [2.05, 4.69) is 26.1 Å². The van der Waals surface area contributed by atoms with Gasteiger partial charge in [0.25, 0.3) is 0 Å². The largest absolute Gasteiger partial charge is 0.386 e. The number of benzene rings is 1. The van der Waals surface area contributed by atoms with E-state index in [0.29, 0.717) is 0 Å². The third-order valence-corrected chi connectivity index (χ3v) is 3.36. The minimum absolute atomic E-state index is 0.00213. The zero-order valence-electron chi connectivity index (χ0n) is 10.3. The first-order valence-corrected chi connectivity index (χ1v) is 6.46. The highest BCUT2D eigenvalue weighted by atomic mass is 32.2. The Balaban J connectivity index is 2.76. The second kappa shape index (κ2) is 5.30. The van der Waals surface area contributed by atoms with E-state index in [1.807, 2.05) is 43.5 Å². The molecule has 0 amide bonds. The number of hydrogen-bond donors (Lipinski definition) is 1. The molecule has 2 nitrogen and oxygen atoms in total. The van der Waals surface area contributed by atoms with E-state index in [1.54, 1.807) is 0 Å².